The van der Waals surface area contributed by atoms with Crippen LogP contribution in [0.5, 0.6) is 5.75 Å². The third-order valence-electron chi connectivity index (χ3n) is 4.52. The lowest BCUT2D eigenvalue weighted by Gasteiger charge is -2.12. The number of nitrogens with one attached hydrogen (secondary N) is 2. The largest absolute Gasteiger partial charge is 0.491 e. The van der Waals surface area contributed by atoms with Gasteiger partial charge < -0.3 is 24.5 Å². The maximum Gasteiger partial charge on any atom is 0.191 e. The predicted octanol–water partition coefficient (Wildman–Crippen LogP) is 4.25. The van der Waals surface area contributed by atoms with Gasteiger partial charge in [-0.3, -0.25) is 4.99 Å². The van der Waals surface area contributed by atoms with Crippen LogP contribution in [0.4, 0.5) is 0 Å². The predicted molar refractivity (Wildman–Crippen MR) is 127 cm³/mol. The molecule has 29 heavy (non-hydrogen) atoms. The van der Waals surface area contributed by atoms with E-state index >= 15 is 0 Å². The minimum atomic E-state index is 0. The molecule has 0 atom stereocenters. The molecule has 0 aliphatic heterocycles. The number of methoxy groups -OCH3 is 1. The maximum absolute atomic E-state index is 5.94. The first kappa shape index (κ1) is 23.0. The highest BCUT2D eigenvalue weighted by atomic mass is 127. The number of rotatable bonds is 8. The first-order valence-corrected chi connectivity index (χ1v) is 9.33. The molecule has 7 heteroatoms. The average molecular weight is 509 g/mol. The Morgan fingerprint density at radius 2 is 1.72 bits per heavy atom. The van der Waals surface area contributed by atoms with Crippen molar-refractivity contribution in [2.24, 2.45) is 4.99 Å². The summed E-state index contributed by atoms with van der Waals surface area (Å²) in [6, 6.07) is 16.1. The molecule has 3 aromatic rings. The molecule has 0 radical (unpaired) electrons. The molecule has 0 saturated carbocycles. The summed E-state index contributed by atoms with van der Waals surface area (Å²) < 4.78 is 16.5. The Bertz CT molecular complexity index is 923. The van der Waals surface area contributed by atoms with Crippen molar-refractivity contribution in [3.8, 4) is 5.75 Å². The van der Waals surface area contributed by atoms with E-state index in [1.165, 1.54) is 0 Å². The van der Waals surface area contributed by atoms with Crippen molar-refractivity contribution >= 4 is 40.9 Å². The van der Waals surface area contributed by atoms with Crippen molar-refractivity contribution in [3.05, 3.63) is 65.4 Å². The van der Waals surface area contributed by atoms with E-state index < -0.39 is 0 Å². The van der Waals surface area contributed by atoms with Crippen molar-refractivity contribution in [2.75, 3.05) is 27.4 Å². The van der Waals surface area contributed by atoms with Crippen LogP contribution in [0.15, 0.2) is 57.9 Å². The number of nitrogens with zero attached hydrogens (tertiary/aromatic N) is 1. The summed E-state index contributed by atoms with van der Waals surface area (Å²) in [7, 11) is 3.42. The third kappa shape index (κ3) is 6.37. The van der Waals surface area contributed by atoms with Gasteiger partial charge in [0.25, 0.3) is 0 Å². The van der Waals surface area contributed by atoms with Crippen LogP contribution in [0.2, 0.25) is 0 Å². The minimum Gasteiger partial charge on any atom is -0.491 e. The lowest BCUT2D eigenvalue weighted by Crippen LogP contribution is -2.36. The van der Waals surface area contributed by atoms with Crippen molar-refractivity contribution in [2.45, 2.75) is 20.0 Å². The Labute approximate surface area is 188 Å². The van der Waals surface area contributed by atoms with E-state index in [4.69, 9.17) is 13.9 Å². The monoisotopic (exact) mass is 509 g/mol. The number of ether oxygens (including phenoxy) is 2. The number of para-hydroxylation sites is 1. The van der Waals surface area contributed by atoms with Gasteiger partial charge in [0.1, 0.15) is 23.7 Å². The number of benzene rings is 2. The van der Waals surface area contributed by atoms with Crippen molar-refractivity contribution in [3.63, 3.8) is 0 Å². The Hall–Kier alpha value is -2.26. The van der Waals surface area contributed by atoms with Crippen LogP contribution in [0.1, 0.15) is 16.9 Å². The quantitative estimate of drug-likeness (QED) is 0.206. The Morgan fingerprint density at radius 3 is 2.41 bits per heavy atom. The topological polar surface area (TPSA) is 68.0 Å². The maximum atomic E-state index is 5.94. The van der Waals surface area contributed by atoms with Crippen LogP contribution < -0.4 is 15.4 Å². The van der Waals surface area contributed by atoms with E-state index in [1.54, 1.807) is 14.2 Å². The van der Waals surface area contributed by atoms with Gasteiger partial charge in [-0.2, -0.15) is 0 Å². The highest BCUT2D eigenvalue weighted by Gasteiger charge is 2.10. The Morgan fingerprint density at radius 1 is 1.00 bits per heavy atom. The average Bonchev–Trinajstić information content (AvgIpc) is 3.05. The van der Waals surface area contributed by atoms with Gasteiger partial charge in [-0.25, -0.2) is 0 Å². The number of aliphatic imine (C=N–C) groups is 1. The normalized spacial score (nSPS) is 11.2. The Balaban J connectivity index is 0.00000300. The van der Waals surface area contributed by atoms with E-state index in [-0.39, 0.29) is 24.0 Å². The first-order chi connectivity index (χ1) is 13.7. The number of furan rings is 1. The molecule has 0 spiro atoms. The van der Waals surface area contributed by atoms with Gasteiger partial charge in [-0.1, -0.05) is 30.3 Å². The van der Waals surface area contributed by atoms with Crippen molar-refractivity contribution < 1.29 is 13.9 Å². The lowest BCUT2D eigenvalue weighted by molar-refractivity contribution is 0.146. The molecule has 0 bridgehead atoms. The smallest absolute Gasteiger partial charge is 0.191 e. The summed E-state index contributed by atoms with van der Waals surface area (Å²) in [6.45, 7) is 4.45. The lowest BCUT2D eigenvalue weighted by atomic mass is 10.1. The number of guanidine groups is 1. The summed E-state index contributed by atoms with van der Waals surface area (Å²) in [5.74, 6) is 2.48. The summed E-state index contributed by atoms with van der Waals surface area (Å²) in [5.41, 5.74) is 3.21. The second-order valence-electron chi connectivity index (χ2n) is 6.41. The van der Waals surface area contributed by atoms with E-state index in [0.717, 1.165) is 39.6 Å². The van der Waals surface area contributed by atoms with E-state index in [0.29, 0.717) is 26.3 Å². The molecule has 1 aromatic heterocycles. The summed E-state index contributed by atoms with van der Waals surface area (Å²) >= 11 is 0. The molecule has 156 valence electrons. The van der Waals surface area contributed by atoms with Crippen LogP contribution in [-0.4, -0.2) is 33.3 Å². The second kappa shape index (κ2) is 11.7. The van der Waals surface area contributed by atoms with Crippen LogP contribution in [0.3, 0.4) is 0 Å². The fraction of sp³-hybridized carbons (Fsp3) is 0.318. The number of halogens is 1. The van der Waals surface area contributed by atoms with Gasteiger partial charge in [0.15, 0.2) is 5.96 Å². The molecule has 0 saturated heterocycles. The van der Waals surface area contributed by atoms with Gasteiger partial charge in [-0.15, -0.1) is 24.0 Å². The third-order valence-corrected chi connectivity index (χ3v) is 4.52. The molecule has 1 heterocycles. The zero-order valence-corrected chi connectivity index (χ0v) is 19.4. The number of aryl methyl sites for hydroxylation is 1. The molecular weight excluding hydrogens is 481 g/mol. The van der Waals surface area contributed by atoms with Gasteiger partial charge in [-0.05, 0) is 30.7 Å². The van der Waals surface area contributed by atoms with Crippen LogP contribution in [0.25, 0.3) is 11.0 Å². The first-order valence-electron chi connectivity index (χ1n) is 9.33. The SMILES string of the molecule is CN=C(NCc1ccc(OCCOC)cc1)NCc1oc2ccccc2c1C.I. The second-order valence-corrected chi connectivity index (χ2v) is 6.41. The van der Waals surface area contributed by atoms with Crippen molar-refractivity contribution in [1.82, 2.24) is 10.6 Å². The van der Waals surface area contributed by atoms with Gasteiger partial charge in [0.2, 0.25) is 0 Å². The minimum absolute atomic E-state index is 0. The number of fused-ring (bicyclic) bond motifs is 1. The molecule has 6 nitrogen and oxygen atoms in total. The molecule has 0 aliphatic rings. The van der Waals surface area contributed by atoms with E-state index in [1.807, 2.05) is 42.5 Å². The van der Waals surface area contributed by atoms with E-state index in [2.05, 4.69) is 28.6 Å². The Kier molecular flexibility index (Phi) is 9.27. The highest BCUT2D eigenvalue weighted by Crippen LogP contribution is 2.24. The van der Waals surface area contributed by atoms with Crippen LogP contribution in [0, 0.1) is 6.92 Å². The molecule has 0 amide bonds. The highest BCUT2D eigenvalue weighted by molar-refractivity contribution is 14.0. The standard InChI is InChI=1S/C22H27N3O3.HI/c1-16-19-6-4-5-7-20(19)28-21(16)15-25-22(23-2)24-14-17-8-10-18(11-9-17)27-13-12-26-3;/h4-11H,12-15H2,1-3H3,(H2,23,24,25);1H. The molecule has 0 fully saturated rings. The fourth-order valence-corrected chi connectivity index (χ4v) is 2.91. The van der Waals surface area contributed by atoms with Crippen LogP contribution in [-0.2, 0) is 17.8 Å². The molecule has 2 N–H and O–H groups in total. The van der Waals surface area contributed by atoms with Gasteiger partial charge in [0.05, 0.1) is 13.2 Å². The van der Waals surface area contributed by atoms with Crippen LogP contribution >= 0.6 is 24.0 Å². The molecular formula is C22H28IN3O3. The fourth-order valence-electron chi connectivity index (χ4n) is 2.91. The summed E-state index contributed by atoms with van der Waals surface area (Å²) in [4.78, 5) is 4.28. The summed E-state index contributed by atoms with van der Waals surface area (Å²) in [5, 5.41) is 7.78. The number of hydrogen-bond acceptors (Lipinski definition) is 4. The number of hydrogen-bond donors (Lipinski definition) is 2. The zero-order chi connectivity index (χ0) is 19.8. The van der Waals surface area contributed by atoms with E-state index in [9.17, 15) is 0 Å². The van der Waals surface area contributed by atoms with Gasteiger partial charge in [0, 0.05) is 31.7 Å². The summed E-state index contributed by atoms with van der Waals surface area (Å²) in [6.07, 6.45) is 0. The molecule has 0 aliphatic carbocycles. The van der Waals surface area contributed by atoms with Crippen molar-refractivity contribution in [1.29, 1.82) is 0 Å². The zero-order valence-electron chi connectivity index (χ0n) is 17.0. The molecule has 2 aromatic carbocycles. The molecule has 3 rings (SSSR count). The van der Waals surface area contributed by atoms with Gasteiger partial charge >= 0.3 is 0 Å². The molecule has 0 unspecified atom stereocenters.